The Morgan fingerprint density at radius 3 is 2.52 bits per heavy atom. The van der Waals surface area contributed by atoms with Crippen LogP contribution in [0.1, 0.15) is 57.9 Å². The third-order valence-electron chi connectivity index (χ3n) is 6.41. The first-order valence-corrected chi connectivity index (χ1v) is 11.2. The van der Waals surface area contributed by atoms with Crippen LogP contribution >= 0.6 is 0 Å². The number of hydrogen-bond donors (Lipinski definition) is 1. The molecule has 0 aromatic heterocycles. The molecule has 0 unspecified atom stereocenters. The summed E-state index contributed by atoms with van der Waals surface area (Å²) in [6, 6.07) is 9.26. The van der Waals surface area contributed by atoms with Gasteiger partial charge in [-0.2, -0.15) is 0 Å². The van der Waals surface area contributed by atoms with Crippen LogP contribution in [0, 0.1) is 0 Å². The van der Waals surface area contributed by atoms with E-state index >= 15 is 0 Å². The van der Waals surface area contributed by atoms with E-state index in [0.29, 0.717) is 25.7 Å². The van der Waals surface area contributed by atoms with Crippen molar-refractivity contribution in [2.45, 2.75) is 76.4 Å². The van der Waals surface area contributed by atoms with Gasteiger partial charge in [-0.15, -0.1) is 0 Å². The van der Waals surface area contributed by atoms with Crippen LogP contribution in [0.25, 0.3) is 0 Å². The number of nitrogens with zero attached hydrogens (tertiary/aromatic N) is 1. The normalized spacial score (nSPS) is 25.4. The molecule has 2 saturated heterocycles. The highest BCUT2D eigenvalue weighted by atomic mass is 16.5. The number of carbonyl (C=O) groups excluding carboxylic acids is 4. The maximum atomic E-state index is 13.5. The van der Waals surface area contributed by atoms with Crippen molar-refractivity contribution in [3.63, 3.8) is 0 Å². The van der Waals surface area contributed by atoms with Gasteiger partial charge in [-0.25, -0.2) is 0 Å². The molecular formula is C24H32N2O5. The molecule has 1 amide bonds. The van der Waals surface area contributed by atoms with Crippen LogP contribution in [0.3, 0.4) is 0 Å². The number of Topliss-reactive ketones (excluding diaryl/α,β-unsaturated/α-hetero) is 2. The van der Waals surface area contributed by atoms with Crippen LogP contribution in [0.15, 0.2) is 30.3 Å². The molecule has 7 heteroatoms. The Bertz CT molecular complexity index is 819. The number of benzene rings is 1. The van der Waals surface area contributed by atoms with E-state index in [2.05, 4.69) is 5.32 Å². The van der Waals surface area contributed by atoms with Crippen molar-refractivity contribution in [3.8, 4) is 0 Å². The Morgan fingerprint density at radius 1 is 1.13 bits per heavy atom. The van der Waals surface area contributed by atoms with E-state index in [1.54, 1.807) is 0 Å². The summed E-state index contributed by atoms with van der Waals surface area (Å²) in [5.41, 5.74) is -0.425. The molecule has 7 nitrogen and oxygen atoms in total. The summed E-state index contributed by atoms with van der Waals surface area (Å²) in [4.78, 5) is 53.0. The summed E-state index contributed by atoms with van der Waals surface area (Å²) in [6.45, 7) is 3.36. The number of nitrogens with one attached hydrogen (secondary N) is 1. The SMILES string of the molecule is CC(=O)OCC(=O)[C@@]1(C(=O)CCCc2ccccc2)CC[C@H](C)N1C(=O)[C@@H]1CCCN1. The first-order chi connectivity index (χ1) is 14.9. The smallest absolute Gasteiger partial charge is 0.303 e. The van der Waals surface area contributed by atoms with Gasteiger partial charge in [-0.3, -0.25) is 19.2 Å². The van der Waals surface area contributed by atoms with Gasteiger partial charge in [0.25, 0.3) is 0 Å². The number of likely N-dealkylation sites (tertiary alicyclic amines) is 1. The number of carbonyl (C=O) groups is 4. The molecule has 1 N–H and O–H groups in total. The molecule has 2 aliphatic rings. The minimum absolute atomic E-state index is 0.190. The Hall–Kier alpha value is -2.54. The summed E-state index contributed by atoms with van der Waals surface area (Å²) in [6.07, 6.45) is 3.91. The number of aryl methyl sites for hydroxylation is 1. The van der Waals surface area contributed by atoms with E-state index in [1.165, 1.54) is 11.8 Å². The van der Waals surface area contributed by atoms with Gasteiger partial charge in [-0.1, -0.05) is 30.3 Å². The first-order valence-electron chi connectivity index (χ1n) is 11.2. The lowest BCUT2D eigenvalue weighted by Crippen LogP contribution is -2.63. The lowest BCUT2D eigenvalue weighted by molar-refractivity contribution is -0.159. The van der Waals surface area contributed by atoms with Gasteiger partial charge in [0.15, 0.2) is 17.9 Å². The zero-order chi connectivity index (χ0) is 22.4. The second-order valence-electron chi connectivity index (χ2n) is 8.57. The number of ketones is 2. The van der Waals surface area contributed by atoms with Crippen LogP contribution in [-0.2, 0) is 30.3 Å². The first kappa shape index (κ1) is 23.1. The minimum Gasteiger partial charge on any atom is -0.458 e. The lowest BCUT2D eigenvalue weighted by atomic mass is 9.83. The highest BCUT2D eigenvalue weighted by Crippen LogP contribution is 2.38. The van der Waals surface area contributed by atoms with Crippen LogP contribution in [-0.4, -0.2) is 59.1 Å². The molecule has 1 aromatic rings. The molecule has 0 bridgehead atoms. The summed E-state index contributed by atoms with van der Waals surface area (Å²) in [7, 11) is 0. The molecule has 0 saturated carbocycles. The van der Waals surface area contributed by atoms with Gasteiger partial charge >= 0.3 is 5.97 Å². The molecule has 1 aromatic carbocycles. The van der Waals surface area contributed by atoms with Crippen molar-refractivity contribution in [1.82, 2.24) is 10.2 Å². The standard InChI is InChI=1S/C24H32N2O5/c1-17-13-14-24(22(29)16-31-18(2)27,26(17)23(30)20-11-7-15-25-20)21(28)12-6-10-19-8-4-3-5-9-19/h3-5,8-9,17,20,25H,6-7,10-16H2,1-2H3/t17-,20-,24-/m0/s1. The molecule has 168 valence electrons. The Kier molecular flexibility index (Phi) is 7.59. The van der Waals surface area contributed by atoms with Crippen LogP contribution in [0.2, 0.25) is 0 Å². The molecule has 2 heterocycles. The molecule has 0 spiro atoms. The van der Waals surface area contributed by atoms with Crippen molar-refractivity contribution in [3.05, 3.63) is 35.9 Å². The van der Waals surface area contributed by atoms with Gasteiger partial charge in [0.1, 0.15) is 0 Å². The molecule has 0 aliphatic carbocycles. The number of esters is 1. The van der Waals surface area contributed by atoms with Crippen LogP contribution in [0.4, 0.5) is 0 Å². The molecule has 3 rings (SSSR count). The quantitative estimate of drug-likeness (QED) is 0.479. The summed E-state index contributed by atoms with van der Waals surface area (Å²) in [5, 5.41) is 3.19. The fraction of sp³-hybridized carbons (Fsp3) is 0.583. The highest BCUT2D eigenvalue weighted by molar-refractivity contribution is 6.15. The van der Waals surface area contributed by atoms with E-state index < -0.39 is 23.9 Å². The van der Waals surface area contributed by atoms with Gasteiger partial charge < -0.3 is 15.0 Å². The van der Waals surface area contributed by atoms with Gasteiger partial charge in [0.2, 0.25) is 11.7 Å². The summed E-state index contributed by atoms with van der Waals surface area (Å²) < 4.78 is 4.96. The van der Waals surface area contributed by atoms with E-state index in [0.717, 1.165) is 18.5 Å². The van der Waals surface area contributed by atoms with Crippen LogP contribution in [0.5, 0.6) is 0 Å². The van der Waals surface area contributed by atoms with Crippen LogP contribution < -0.4 is 5.32 Å². The van der Waals surface area contributed by atoms with E-state index in [1.807, 2.05) is 37.3 Å². The van der Waals surface area contributed by atoms with Gasteiger partial charge in [-0.05, 0) is 57.6 Å². The second-order valence-corrected chi connectivity index (χ2v) is 8.57. The maximum absolute atomic E-state index is 13.5. The molecule has 0 radical (unpaired) electrons. The predicted molar refractivity (Wildman–Crippen MR) is 115 cm³/mol. The average molecular weight is 429 g/mol. The number of ether oxygens (including phenoxy) is 1. The molecular weight excluding hydrogens is 396 g/mol. The maximum Gasteiger partial charge on any atom is 0.303 e. The number of rotatable bonds is 9. The topological polar surface area (TPSA) is 92.8 Å². The number of amides is 1. The number of hydrogen-bond acceptors (Lipinski definition) is 6. The zero-order valence-electron chi connectivity index (χ0n) is 18.4. The predicted octanol–water partition coefficient (Wildman–Crippen LogP) is 2.21. The lowest BCUT2D eigenvalue weighted by Gasteiger charge is -2.39. The van der Waals surface area contributed by atoms with Crippen molar-refractivity contribution < 1.29 is 23.9 Å². The summed E-state index contributed by atoms with van der Waals surface area (Å²) in [5.74, 6) is -1.53. The second kappa shape index (κ2) is 10.2. The van der Waals surface area contributed by atoms with Crippen molar-refractivity contribution in [2.24, 2.45) is 0 Å². The Balaban J connectivity index is 1.82. The fourth-order valence-corrected chi connectivity index (χ4v) is 4.81. The van der Waals surface area contributed by atoms with E-state index in [-0.39, 0.29) is 36.6 Å². The molecule has 31 heavy (non-hydrogen) atoms. The zero-order valence-corrected chi connectivity index (χ0v) is 18.4. The average Bonchev–Trinajstić information content (AvgIpc) is 3.41. The van der Waals surface area contributed by atoms with Gasteiger partial charge in [0.05, 0.1) is 6.04 Å². The van der Waals surface area contributed by atoms with Crippen molar-refractivity contribution >= 4 is 23.4 Å². The summed E-state index contributed by atoms with van der Waals surface area (Å²) >= 11 is 0. The van der Waals surface area contributed by atoms with Gasteiger partial charge in [0, 0.05) is 19.4 Å². The monoisotopic (exact) mass is 428 g/mol. The van der Waals surface area contributed by atoms with E-state index in [9.17, 15) is 19.2 Å². The van der Waals surface area contributed by atoms with Crippen molar-refractivity contribution in [1.29, 1.82) is 0 Å². The minimum atomic E-state index is -1.55. The third-order valence-corrected chi connectivity index (χ3v) is 6.41. The third kappa shape index (κ3) is 5.03. The largest absolute Gasteiger partial charge is 0.458 e. The fourth-order valence-electron chi connectivity index (χ4n) is 4.81. The van der Waals surface area contributed by atoms with Crippen molar-refractivity contribution in [2.75, 3.05) is 13.2 Å². The van der Waals surface area contributed by atoms with E-state index in [4.69, 9.17) is 4.74 Å². The molecule has 3 atom stereocenters. The Morgan fingerprint density at radius 2 is 1.87 bits per heavy atom. The molecule has 2 fully saturated rings. The molecule has 2 aliphatic heterocycles. The Labute approximate surface area is 183 Å². The highest BCUT2D eigenvalue weighted by Gasteiger charge is 2.57.